The fourth-order valence-electron chi connectivity index (χ4n) is 3.67. The number of fused-ring (bicyclic) bond motifs is 1. The Kier molecular flexibility index (Phi) is 10.9. The zero-order valence-corrected chi connectivity index (χ0v) is 25.6. The zero-order chi connectivity index (χ0) is 28.8. The van der Waals surface area contributed by atoms with Crippen molar-refractivity contribution in [1.29, 1.82) is 0 Å². The highest BCUT2D eigenvalue weighted by molar-refractivity contribution is 8.07. The van der Waals surface area contributed by atoms with Gasteiger partial charge in [-0.15, -0.1) is 16.9 Å². The predicted molar refractivity (Wildman–Crippen MR) is 158 cm³/mol. The molecule has 2 aromatic heterocycles. The minimum Gasteiger partial charge on any atom is -0.477 e. The molecule has 2 amide bonds. The van der Waals surface area contributed by atoms with Crippen molar-refractivity contribution < 1.29 is 24.7 Å². The van der Waals surface area contributed by atoms with Crippen LogP contribution < -0.4 is 21.7 Å². The van der Waals surface area contributed by atoms with Crippen molar-refractivity contribution in [2.75, 3.05) is 43.9 Å². The van der Waals surface area contributed by atoms with E-state index in [2.05, 4.69) is 35.7 Å². The minimum atomic E-state index is -1.26. The Bertz CT molecular complexity index is 1340. The summed E-state index contributed by atoms with van der Waals surface area (Å²) in [7, 11) is 1.90. The fraction of sp³-hybridized carbons (Fsp3) is 0.450. The first-order chi connectivity index (χ1) is 19.3. The molecular formula is C20H24ClN9O5S5. The molecule has 20 heteroatoms. The highest BCUT2D eigenvalue weighted by Crippen LogP contribution is 2.46. The molecule has 0 aliphatic carbocycles. The fourth-order valence-corrected chi connectivity index (χ4v) is 8.96. The highest BCUT2D eigenvalue weighted by Gasteiger charge is 2.54. The number of nitrogens with one attached hydrogen (secondary N) is 3. The summed E-state index contributed by atoms with van der Waals surface area (Å²) in [6, 6.07) is -1.04. The summed E-state index contributed by atoms with van der Waals surface area (Å²) in [5.41, 5.74) is 5.59. The summed E-state index contributed by atoms with van der Waals surface area (Å²) in [6.07, 6.45) is 0. The van der Waals surface area contributed by atoms with Crippen molar-refractivity contribution in [2.45, 2.75) is 21.4 Å². The summed E-state index contributed by atoms with van der Waals surface area (Å²) in [4.78, 5) is 43.6. The standard InChI is InChI=1S/C20H24ClN9O5S5/c1-23-2-3-24-4-5-36-6-8-19(40-29-27-8)38-9-7-37-17-12(16(32)30(17)13(9)18(33)34)25-15(31)11(28-35)10-14(21)39-20(22)26-10/h12,17,23-24,35H,2-7H2,1H3,(H2,22,26)(H,25,31)(H,33,34)/b28-11-/t12-,17-/m1/s1. The van der Waals surface area contributed by atoms with Crippen molar-refractivity contribution >= 4 is 98.4 Å². The number of anilines is 1. The number of halogens is 1. The van der Waals surface area contributed by atoms with Crippen LogP contribution in [-0.2, 0) is 20.1 Å². The summed E-state index contributed by atoms with van der Waals surface area (Å²) < 4.78 is 4.85. The second-order valence-corrected chi connectivity index (χ2v) is 14.0. The number of hydrogen-bond donors (Lipinski definition) is 6. The van der Waals surface area contributed by atoms with Crippen molar-refractivity contribution in [3.63, 3.8) is 0 Å². The van der Waals surface area contributed by atoms with Crippen LogP contribution in [-0.4, -0.2) is 103 Å². The molecule has 1 fully saturated rings. The number of oxime groups is 1. The molecule has 2 aliphatic rings. The molecule has 2 aliphatic heterocycles. The van der Waals surface area contributed by atoms with Gasteiger partial charge in [0.05, 0.1) is 5.69 Å². The molecule has 0 radical (unpaired) electrons. The van der Waals surface area contributed by atoms with Gasteiger partial charge >= 0.3 is 5.97 Å². The van der Waals surface area contributed by atoms with Gasteiger partial charge in [-0.3, -0.25) is 14.5 Å². The van der Waals surface area contributed by atoms with E-state index in [0.29, 0.717) is 16.4 Å². The molecule has 4 heterocycles. The number of amides is 2. The SMILES string of the molecule is CNCCNCCSCc1nnsc1SC1=C(C(=O)O)N2C(=O)[C@@H](NC(=O)/C(=N\O)c3nc(N)sc3Cl)[C@H]2SC1. The van der Waals surface area contributed by atoms with Gasteiger partial charge in [0.25, 0.3) is 11.8 Å². The van der Waals surface area contributed by atoms with Gasteiger partial charge < -0.3 is 32.0 Å². The average molecular weight is 666 g/mol. The van der Waals surface area contributed by atoms with Gasteiger partial charge in [-0.05, 0) is 18.6 Å². The molecule has 0 saturated carbocycles. The van der Waals surface area contributed by atoms with Crippen molar-refractivity contribution in [2.24, 2.45) is 5.16 Å². The lowest BCUT2D eigenvalue weighted by Crippen LogP contribution is -2.71. The zero-order valence-electron chi connectivity index (χ0n) is 20.7. The predicted octanol–water partition coefficient (Wildman–Crippen LogP) is 0.939. The number of rotatable bonds is 14. The van der Waals surface area contributed by atoms with Crippen LogP contribution in [0.2, 0.25) is 4.34 Å². The molecule has 7 N–H and O–H groups in total. The summed E-state index contributed by atoms with van der Waals surface area (Å²) >= 11 is 12.3. The van der Waals surface area contributed by atoms with E-state index in [1.807, 2.05) is 7.05 Å². The van der Waals surface area contributed by atoms with E-state index in [1.54, 1.807) is 11.8 Å². The van der Waals surface area contributed by atoms with Crippen LogP contribution in [0.1, 0.15) is 11.4 Å². The maximum atomic E-state index is 13.0. The van der Waals surface area contributed by atoms with Gasteiger partial charge in [-0.2, -0.15) is 11.8 Å². The Morgan fingerprint density at radius 3 is 2.80 bits per heavy atom. The van der Waals surface area contributed by atoms with Crippen LogP contribution in [0.15, 0.2) is 20.0 Å². The second kappa shape index (κ2) is 14.2. The van der Waals surface area contributed by atoms with E-state index < -0.39 is 34.9 Å². The van der Waals surface area contributed by atoms with E-state index >= 15 is 0 Å². The number of likely N-dealkylation sites (N-methyl/N-ethyl adjacent to an activating group) is 1. The molecule has 0 aromatic carbocycles. The van der Waals surface area contributed by atoms with Gasteiger partial charge in [0.15, 0.2) is 10.8 Å². The monoisotopic (exact) mass is 665 g/mol. The van der Waals surface area contributed by atoms with Crippen LogP contribution >= 0.6 is 69.8 Å². The lowest BCUT2D eigenvalue weighted by Gasteiger charge is -2.49. The number of carbonyl (C=O) groups is 3. The van der Waals surface area contributed by atoms with E-state index in [0.717, 1.165) is 51.5 Å². The molecule has 40 heavy (non-hydrogen) atoms. The van der Waals surface area contributed by atoms with Gasteiger partial charge in [0.1, 0.15) is 31.4 Å². The van der Waals surface area contributed by atoms with Crippen LogP contribution in [0.3, 0.4) is 0 Å². The van der Waals surface area contributed by atoms with Crippen molar-refractivity contribution in [3.05, 3.63) is 26.3 Å². The number of carbonyl (C=O) groups excluding carboxylic acids is 2. The van der Waals surface area contributed by atoms with E-state index in [9.17, 15) is 24.7 Å². The normalized spacial score (nSPS) is 19.0. The first-order valence-corrected chi connectivity index (χ1v) is 16.5. The summed E-state index contributed by atoms with van der Waals surface area (Å²) in [5, 5.41) is 34.9. The second-order valence-electron chi connectivity index (χ2n) is 8.08. The maximum absolute atomic E-state index is 13.0. The third-order valence-corrected chi connectivity index (χ3v) is 11.1. The Balaban J connectivity index is 1.41. The average Bonchev–Trinajstić information content (AvgIpc) is 3.51. The van der Waals surface area contributed by atoms with Crippen LogP contribution in [0, 0.1) is 0 Å². The Morgan fingerprint density at radius 1 is 1.32 bits per heavy atom. The summed E-state index contributed by atoms with van der Waals surface area (Å²) in [5.74, 6) is -0.961. The number of aliphatic carboxylic acids is 1. The van der Waals surface area contributed by atoms with Gasteiger partial charge in [-0.25, -0.2) is 9.78 Å². The number of thiazole rings is 1. The van der Waals surface area contributed by atoms with Crippen molar-refractivity contribution in [3.8, 4) is 0 Å². The molecule has 2 atom stereocenters. The number of carboxylic acids is 1. The van der Waals surface area contributed by atoms with Crippen LogP contribution in [0.4, 0.5) is 5.13 Å². The highest BCUT2D eigenvalue weighted by atomic mass is 35.5. The molecule has 216 valence electrons. The molecular weight excluding hydrogens is 642 g/mol. The topological polar surface area (TPSA) is 208 Å². The molecule has 0 bridgehead atoms. The first-order valence-electron chi connectivity index (χ1n) is 11.5. The molecule has 14 nitrogen and oxygen atoms in total. The third-order valence-electron chi connectivity index (χ3n) is 5.51. The number of nitrogen functional groups attached to an aromatic ring is 1. The number of nitrogens with two attached hydrogens (primary N) is 1. The van der Waals surface area contributed by atoms with Crippen LogP contribution in [0.25, 0.3) is 0 Å². The maximum Gasteiger partial charge on any atom is 0.353 e. The number of nitrogens with zero attached hydrogens (tertiary/aromatic N) is 5. The summed E-state index contributed by atoms with van der Waals surface area (Å²) in [6.45, 7) is 2.62. The number of carboxylic acid groups (broad SMARTS) is 1. The van der Waals surface area contributed by atoms with Crippen LogP contribution in [0.5, 0.6) is 0 Å². The smallest absolute Gasteiger partial charge is 0.353 e. The van der Waals surface area contributed by atoms with E-state index in [-0.39, 0.29) is 20.9 Å². The third kappa shape index (κ3) is 6.84. The van der Waals surface area contributed by atoms with Gasteiger partial charge in [-0.1, -0.05) is 44.3 Å². The van der Waals surface area contributed by atoms with Gasteiger partial charge in [0, 0.05) is 41.8 Å². The number of thioether (sulfide) groups is 3. The quantitative estimate of drug-likeness (QED) is 0.0546. The number of hydrogen-bond acceptors (Lipinski definition) is 16. The molecule has 4 rings (SSSR count). The number of aromatic nitrogens is 3. The van der Waals surface area contributed by atoms with Gasteiger partial charge in [0.2, 0.25) is 0 Å². The molecule has 2 aromatic rings. The lowest BCUT2D eigenvalue weighted by molar-refractivity contribution is -0.150. The first kappa shape index (κ1) is 30.8. The lowest BCUT2D eigenvalue weighted by atomic mass is 10.0. The molecule has 1 saturated heterocycles. The molecule has 0 spiro atoms. The Labute approximate surface area is 254 Å². The number of β-lactam (4-membered cyclic amide) rings is 1. The Morgan fingerprint density at radius 2 is 2.12 bits per heavy atom. The minimum absolute atomic E-state index is 0.0448. The largest absolute Gasteiger partial charge is 0.477 e. The van der Waals surface area contributed by atoms with Crippen molar-refractivity contribution in [1.82, 2.24) is 35.4 Å². The van der Waals surface area contributed by atoms with E-state index in [4.69, 9.17) is 17.3 Å². The molecule has 0 unspecified atom stereocenters. The Hall–Kier alpha value is -2.13. The van der Waals surface area contributed by atoms with E-state index in [1.165, 1.54) is 35.1 Å².